The fourth-order valence-corrected chi connectivity index (χ4v) is 2.85. The standard InChI is InChI=1S/C14H21NS/c1-11-4-3-5-14(11)15-10-12-6-8-13(16-2)9-7-12/h6-9,11,14-15H,3-5,10H2,1-2H3. The molecular weight excluding hydrogens is 214 g/mol. The summed E-state index contributed by atoms with van der Waals surface area (Å²) in [5.74, 6) is 0.852. The monoisotopic (exact) mass is 235 g/mol. The Kier molecular flexibility index (Phi) is 4.30. The van der Waals surface area contributed by atoms with Crippen LogP contribution >= 0.6 is 11.8 Å². The second-order valence-corrected chi connectivity index (χ2v) is 5.62. The summed E-state index contributed by atoms with van der Waals surface area (Å²) in [5.41, 5.74) is 1.40. The molecule has 1 fully saturated rings. The van der Waals surface area contributed by atoms with Gasteiger partial charge < -0.3 is 5.32 Å². The van der Waals surface area contributed by atoms with E-state index in [2.05, 4.69) is 42.8 Å². The van der Waals surface area contributed by atoms with Crippen molar-refractivity contribution in [1.82, 2.24) is 5.32 Å². The first-order valence-corrected chi connectivity index (χ1v) is 7.38. The van der Waals surface area contributed by atoms with Gasteiger partial charge in [-0.1, -0.05) is 25.5 Å². The molecule has 0 saturated heterocycles. The van der Waals surface area contributed by atoms with Crippen molar-refractivity contribution in [2.75, 3.05) is 6.26 Å². The molecule has 0 aliphatic heterocycles. The highest BCUT2D eigenvalue weighted by atomic mass is 32.2. The van der Waals surface area contributed by atoms with Crippen molar-refractivity contribution in [3.8, 4) is 0 Å². The molecule has 1 aromatic carbocycles. The second kappa shape index (κ2) is 5.74. The molecule has 0 bridgehead atoms. The lowest BCUT2D eigenvalue weighted by atomic mass is 10.1. The van der Waals surface area contributed by atoms with E-state index in [0.717, 1.165) is 18.5 Å². The Balaban J connectivity index is 1.84. The Labute approximate surface area is 103 Å². The number of thioether (sulfide) groups is 1. The van der Waals surface area contributed by atoms with E-state index in [-0.39, 0.29) is 0 Å². The van der Waals surface area contributed by atoms with E-state index in [0.29, 0.717) is 0 Å². The van der Waals surface area contributed by atoms with Crippen LogP contribution < -0.4 is 5.32 Å². The average Bonchev–Trinajstić information content (AvgIpc) is 2.73. The van der Waals surface area contributed by atoms with Gasteiger partial charge in [-0.15, -0.1) is 11.8 Å². The fourth-order valence-electron chi connectivity index (χ4n) is 2.44. The van der Waals surface area contributed by atoms with Crippen LogP contribution in [0.5, 0.6) is 0 Å². The molecule has 2 heteroatoms. The van der Waals surface area contributed by atoms with Gasteiger partial charge in [0.25, 0.3) is 0 Å². The van der Waals surface area contributed by atoms with Gasteiger partial charge in [0, 0.05) is 17.5 Å². The summed E-state index contributed by atoms with van der Waals surface area (Å²) < 4.78 is 0. The zero-order valence-electron chi connectivity index (χ0n) is 10.2. The van der Waals surface area contributed by atoms with Crippen LogP contribution in [0.25, 0.3) is 0 Å². The van der Waals surface area contributed by atoms with Crippen LogP contribution in [-0.2, 0) is 6.54 Å². The molecule has 1 N–H and O–H groups in total. The van der Waals surface area contributed by atoms with Crippen molar-refractivity contribution in [1.29, 1.82) is 0 Å². The third-order valence-electron chi connectivity index (χ3n) is 3.59. The summed E-state index contributed by atoms with van der Waals surface area (Å²) in [4.78, 5) is 1.35. The molecular formula is C14H21NS. The van der Waals surface area contributed by atoms with Crippen LogP contribution in [0.15, 0.2) is 29.2 Å². The molecule has 1 nitrogen and oxygen atoms in total. The molecule has 2 rings (SSSR count). The molecule has 2 atom stereocenters. The quantitative estimate of drug-likeness (QED) is 0.799. The molecule has 0 heterocycles. The summed E-state index contributed by atoms with van der Waals surface area (Å²) in [6.45, 7) is 3.38. The van der Waals surface area contributed by atoms with Crippen LogP contribution in [-0.4, -0.2) is 12.3 Å². The highest BCUT2D eigenvalue weighted by Crippen LogP contribution is 2.25. The zero-order chi connectivity index (χ0) is 11.4. The third kappa shape index (κ3) is 3.02. The maximum atomic E-state index is 3.68. The first-order valence-electron chi connectivity index (χ1n) is 6.16. The van der Waals surface area contributed by atoms with Crippen molar-refractivity contribution in [3.63, 3.8) is 0 Å². The van der Waals surface area contributed by atoms with E-state index in [1.807, 2.05) is 0 Å². The number of hydrogen-bond donors (Lipinski definition) is 1. The van der Waals surface area contributed by atoms with Crippen molar-refractivity contribution >= 4 is 11.8 Å². The van der Waals surface area contributed by atoms with Gasteiger partial charge in [0.1, 0.15) is 0 Å². The Morgan fingerprint density at radius 2 is 2.00 bits per heavy atom. The lowest BCUT2D eigenvalue weighted by molar-refractivity contribution is 0.426. The van der Waals surface area contributed by atoms with Crippen LogP contribution in [0.4, 0.5) is 0 Å². The van der Waals surface area contributed by atoms with Gasteiger partial charge in [-0.2, -0.15) is 0 Å². The summed E-state index contributed by atoms with van der Waals surface area (Å²) in [7, 11) is 0. The largest absolute Gasteiger partial charge is 0.310 e. The Bertz CT molecular complexity index is 320. The number of benzene rings is 1. The van der Waals surface area contributed by atoms with E-state index in [1.54, 1.807) is 11.8 Å². The predicted octanol–water partition coefficient (Wildman–Crippen LogP) is 3.69. The Morgan fingerprint density at radius 1 is 1.25 bits per heavy atom. The summed E-state index contributed by atoms with van der Waals surface area (Å²) in [6.07, 6.45) is 6.25. The molecule has 1 aromatic rings. The Hall–Kier alpha value is -0.470. The lowest BCUT2D eigenvalue weighted by Crippen LogP contribution is -2.30. The molecule has 0 radical (unpaired) electrons. The van der Waals surface area contributed by atoms with E-state index >= 15 is 0 Å². The van der Waals surface area contributed by atoms with Gasteiger partial charge in [-0.3, -0.25) is 0 Å². The molecule has 0 aromatic heterocycles. The molecule has 16 heavy (non-hydrogen) atoms. The lowest BCUT2D eigenvalue weighted by Gasteiger charge is -2.17. The minimum Gasteiger partial charge on any atom is -0.310 e. The third-order valence-corrected chi connectivity index (χ3v) is 4.33. The minimum absolute atomic E-state index is 0.736. The second-order valence-electron chi connectivity index (χ2n) is 4.74. The van der Waals surface area contributed by atoms with Gasteiger partial charge in [0.15, 0.2) is 0 Å². The first kappa shape index (κ1) is 12.0. The predicted molar refractivity (Wildman–Crippen MR) is 71.9 cm³/mol. The molecule has 1 saturated carbocycles. The maximum absolute atomic E-state index is 3.68. The van der Waals surface area contributed by atoms with Crippen molar-refractivity contribution in [2.45, 2.75) is 43.7 Å². The van der Waals surface area contributed by atoms with Crippen molar-refractivity contribution in [2.24, 2.45) is 5.92 Å². The molecule has 0 amide bonds. The first-order chi connectivity index (χ1) is 7.79. The average molecular weight is 235 g/mol. The Morgan fingerprint density at radius 3 is 2.56 bits per heavy atom. The normalized spacial score (nSPS) is 24.9. The molecule has 88 valence electrons. The van der Waals surface area contributed by atoms with Crippen LogP contribution in [0.3, 0.4) is 0 Å². The van der Waals surface area contributed by atoms with Gasteiger partial charge in [-0.25, -0.2) is 0 Å². The minimum atomic E-state index is 0.736. The van der Waals surface area contributed by atoms with Gasteiger partial charge in [0.05, 0.1) is 0 Å². The van der Waals surface area contributed by atoms with Gasteiger partial charge in [-0.05, 0) is 42.7 Å². The molecule has 0 spiro atoms. The van der Waals surface area contributed by atoms with E-state index in [1.165, 1.54) is 29.7 Å². The molecule has 1 aliphatic rings. The van der Waals surface area contributed by atoms with Crippen LogP contribution in [0.2, 0.25) is 0 Å². The highest BCUT2D eigenvalue weighted by molar-refractivity contribution is 7.98. The van der Waals surface area contributed by atoms with E-state index < -0.39 is 0 Å². The maximum Gasteiger partial charge on any atom is 0.0208 e. The SMILES string of the molecule is CSc1ccc(CNC2CCCC2C)cc1. The zero-order valence-corrected chi connectivity index (χ0v) is 11.0. The van der Waals surface area contributed by atoms with Crippen molar-refractivity contribution < 1.29 is 0 Å². The summed E-state index contributed by atoms with van der Waals surface area (Å²) in [6, 6.07) is 9.62. The number of rotatable bonds is 4. The molecule has 1 aliphatic carbocycles. The van der Waals surface area contributed by atoms with Gasteiger partial charge >= 0.3 is 0 Å². The van der Waals surface area contributed by atoms with E-state index in [9.17, 15) is 0 Å². The smallest absolute Gasteiger partial charge is 0.0208 e. The van der Waals surface area contributed by atoms with Gasteiger partial charge in [0.2, 0.25) is 0 Å². The number of nitrogens with one attached hydrogen (secondary N) is 1. The number of hydrogen-bond acceptors (Lipinski definition) is 2. The fraction of sp³-hybridized carbons (Fsp3) is 0.571. The summed E-state index contributed by atoms with van der Waals surface area (Å²) in [5, 5.41) is 3.68. The van der Waals surface area contributed by atoms with Crippen LogP contribution in [0.1, 0.15) is 31.7 Å². The summed E-state index contributed by atoms with van der Waals surface area (Å²) >= 11 is 1.80. The molecule has 2 unspecified atom stereocenters. The van der Waals surface area contributed by atoms with Crippen LogP contribution in [0, 0.1) is 5.92 Å². The highest BCUT2D eigenvalue weighted by Gasteiger charge is 2.22. The van der Waals surface area contributed by atoms with E-state index in [4.69, 9.17) is 0 Å². The van der Waals surface area contributed by atoms with Crippen molar-refractivity contribution in [3.05, 3.63) is 29.8 Å². The topological polar surface area (TPSA) is 12.0 Å².